The molecule has 1 aliphatic rings. The van der Waals surface area contributed by atoms with Crippen molar-refractivity contribution in [2.24, 2.45) is 17.3 Å². The first kappa shape index (κ1) is 15.4. The summed E-state index contributed by atoms with van der Waals surface area (Å²) in [6.07, 6.45) is 0. The van der Waals surface area contributed by atoms with Crippen LogP contribution in [0.5, 0.6) is 0 Å². The second kappa shape index (κ2) is 5.16. The lowest BCUT2D eigenvalue weighted by molar-refractivity contribution is -0.139. The topological polar surface area (TPSA) is 63.6 Å². The van der Waals surface area contributed by atoms with Gasteiger partial charge in [-0.2, -0.15) is 0 Å². The van der Waals surface area contributed by atoms with Gasteiger partial charge in [-0.1, -0.05) is 54.6 Å². The van der Waals surface area contributed by atoms with Crippen molar-refractivity contribution in [3.05, 3.63) is 0 Å². The normalized spacial score (nSPS) is 24.7. The van der Waals surface area contributed by atoms with Crippen LogP contribution >= 0.6 is 34.8 Å². The SMILES string of the molecule is CC1(C)C(C#CC(=O)OCC(Cl)(Cl)Cl)C1C(=O)O. The van der Waals surface area contributed by atoms with Gasteiger partial charge in [-0.3, -0.25) is 4.79 Å². The molecule has 0 heterocycles. The van der Waals surface area contributed by atoms with E-state index in [0.717, 1.165) is 0 Å². The summed E-state index contributed by atoms with van der Waals surface area (Å²) < 4.78 is 2.91. The minimum absolute atomic E-state index is 0.365. The number of aliphatic carboxylic acids is 1. The zero-order valence-electron chi connectivity index (χ0n) is 9.67. The average Bonchev–Trinajstić information content (AvgIpc) is 2.73. The van der Waals surface area contributed by atoms with Crippen LogP contribution in [0.3, 0.4) is 0 Å². The second-order valence-corrected chi connectivity index (χ2v) is 7.09. The van der Waals surface area contributed by atoms with Crippen LogP contribution in [0.2, 0.25) is 0 Å². The Morgan fingerprint density at radius 2 is 1.94 bits per heavy atom. The monoisotopic (exact) mass is 312 g/mol. The van der Waals surface area contributed by atoms with Crippen LogP contribution in [-0.4, -0.2) is 27.4 Å². The Morgan fingerprint density at radius 1 is 1.39 bits per heavy atom. The van der Waals surface area contributed by atoms with E-state index in [0.29, 0.717) is 0 Å². The molecule has 0 spiro atoms. The van der Waals surface area contributed by atoms with Gasteiger partial charge in [0.2, 0.25) is 3.79 Å². The van der Waals surface area contributed by atoms with Crippen molar-refractivity contribution in [1.29, 1.82) is 0 Å². The highest BCUT2D eigenvalue weighted by atomic mass is 35.6. The highest BCUT2D eigenvalue weighted by molar-refractivity contribution is 6.67. The number of rotatable bonds is 2. The number of esters is 1. The van der Waals surface area contributed by atoms with E-state index in [4.69, 9.17) is 39.9 Å². The summed E-state index contributed by atoms with van der Waals surface area (Å²) in [7, 11) is 0. The first-order chi connectivity index (χ1) is 8.05. The molecule has 1 saturated carbocycles. The Hall–Kier alpha value is -0.630. The molecule has 0 aromatic carbocycles. The maximum Gasteiger partial charge on any atom is 0.384 e. The fourth-order valence-electron chi connectivity index (χ4n) is 1.69. The molecule has 0 bridgehead atoms. The summed E-state index contributed by atoms with van der Waals surface area (Å²) in [6.45, 7) is 3.15. The van der Waals surface area contributed by atoms with Crippen LogP contribution in [0.15, 0.2) is 0 Å². The molecular weight excluding hydrogens is 302 g/mol. The van der Waals surface area contributed by atoms with E-state index in [2.05, 4.69) is 16.6 Å². The van der Waals surface area contributed by atoms with Crippen LogP contribution in [0, 0.1) is 29.1 Å². The zero-order valence-corrected chi connectivity index (χ0v) is 11.9. The lowest BCUT2D eigenvalue weighted by atomic mass is 10.1. The first-order valence-electron chi connectivity index (χ1n) is 5.03. The van der Waals surface area contributed by atoms with Crippen molar-refractivity contribution in [3.63, 3.8) is 0 Å². The number of carboxylic acid groups (broad SMARTS) is 1. The summed E-state index contributed by atoms with van der Waals surface area (Å²) in [5.74, 6) is 2.10. The molecule has 0 aromatic heterocycles. The van der Waals surface area contributed by atoms with Gasteiger partial charge >= 0.3 is 11.9 Å². The number of hydrogen-bond acceptors (Lipinski definition) is 3. The lowest BCUT2D eigenvalue weighted by Crippen LogP contribution is -2.16. The van der Waals surface area contributed by atoms with Crippen LogP contribution in [0.25, 0.3) is 0 Å². The number of carbonyl (C=O) groups excluding carboxylic acids is 1. The molecule has 0 saturated heterocycles. The van der Waals surface area contributed by atoms with Gasteiger partial charge in [-0.05, 0) is 5.41 Å². The molecule has 1 fully saturated rings. The van der Waals surface area contributed by atoms with E-state index in [1.54, 1.807) is 13.8 Å². The number of alkyl halides is 3. The van der Waals surface area contributed by atoms with Crippen molar-refractivity contribution >= 4 is 46.7 Å². The van der Waals surface area contributed by atoms with Gasteiger partial charge in [-0.15, -0.1) is 0 Å². The molecule has 0 aliphatic heterocycles. The average molecular weight is 314 g/mol. The third kappa shape index (κ3) is 3.94. The maximum absolute atomic E-state index is 11.2. The molecule has 7 heteroatoms. The van der Waals surface area contributed by atoms with Crippen molar-refractivity contribution < 1.29 is 19.4 Å². The first-order valence-corrected chi connectivity index (χ1v) is 6.17. The number of carboxylic acids is 1. The van der Waals surface area contributed by atoms with Crippen molar-refractivity contribution in [2.45, 2.75) is 17.6 Å². The minimum atomic E-state index is -1.68. The molecule has 2 atom stereocenters. The van der Waals surface area contributed by atoms with Gasteiger partial charge in [0, 0.05) is 11.8 Å². The van der Waals surface area contributed by atoms with E-state index >= 15 is 0 Å². The largest absolute Gasteiger partial charge is 0.481 e. The van der Waals surface area contributed by atoms with Crippen LogP contribution in [0.4, 0.5) is 0 Å². The quantitative estimate of drug-likeness (QED) is 0.368. The molecular formula is C11H11Cl3O4. The maximum atomic E-state index is 11.2. The molecule has 1 N–H and O–H groups in total. The molecule has 1 rings (SSSR count). The summed E-state index contributed by atoms with van der Waals surface area (Å²) in [5.41, 5.74) is -0.436. The fourth-order valence-corrected chi connectivity index (χ4v) is 1.85. The molecule has 1 aliphatic carbocycles. The Labute approximate surface area is 120 Å². The van der Waals surface area contributed by atoms with Gasteiger partial charge in [0.25, 0.3) is 0 Å². The fraction of sp³-hybridized carbons (Fsp3) is 0.636. The van der Waals surface area contributed by atoms with E-state index in [-0.39, 0.29) is 5.92 Å². The minimum Gasteiger partial charge on any atom is -0.481 e. The summed E-state index contributed by atoms with van der Waals surface area (Å²) >= 11 is 16.2. The zero-order chi connectivity index (χ0) is 14.1. The summed E-state index contributed by atoms with van der Waals surface area (Å²) in [5, 5.41) is 8.90. The predicted octanol–water partition coefficient (Wildman–Crippen LogP) is 2.26. The van der Waals surface area contributed by atoms with E-state index in [1.807, 2.05) is 0 Å². The van der Waals surface area contributed by atoms with Crippen LogP contribution in [-0.2, 0) is 14.3 Å². The molecule has 100 valence electrons. The van der Waals surface area contributed by atoms with Gasteiger partial charge in [-0.25, -0.2) is 4.79 Å². The van der Waals surface area contributed by atoms with E-state index < -0.39 is 33.7 Å². The van der Waals surface area contributed by atoms with E-state index in [9.17, 15) is 9.59 Å². The molecule has 0 radical (unpaired) electrons. The second-order valence-electron chi connectivity index (χ2n) is 4.58. The number of ether oxygens (including phenoxy) is 1. The third-order valence-corrected chi connectivity index (χ3v) is 3.12. The molecule has 2 unspecified atom stereocenters. The Morgan fingerprint density at radius 3 is 2.33 bits per heavy atom. The number of halogens is 3. The molecule has 0 aromatic rings. The number of carbonyl (C=O) groups is 2. The van der Waals surface area contributed by atoms with Gasteiger partial charge in [0.05, 0.1) is 5.92 Å². The van der Waals surface area contributed by atoms with Crippen LogP contribution < -0.4 is 0 Å². The van der Waals surface area contributed by atoms with Crippen LogP contribution in [0.1, 0.15) is 13.8 Å². The standard InChI is InChI=1S/C11H11Cl3O4/c1-10(2)6(8(10)9(16)17)3-4-7(15)18-5-11(12,13)14/h6,8H,5H2,1-2H3,(H,16,17). The van der Waals surface area contributed by atoms with Crippen molar-refractivity contribution in [3.8, 4) is 11.8 Å². The summed E-state index contributed by atoms with van der Waals surface area (Å²) in [6, 6.07) is 0. The van der Waals surface area contributed by atoms with Crippen molar-refractivity contribution in [2.75, 3.05) is 6.61 Å². The van der Waals surface area contributed by atoms with Gasteiger partial charge in [0.15, 0.2) is 0 Å². The third-order valence-electron chi connectivity index (χ3n) is 2.79. The van der Waals surface area contributed by atoms with E-state index in [1.165, 1.54) is 0 Å². The highest BCUT2D eigenvalue weighted by Gasteiger charge is 2.61. The highest BCUT2D eigenvalue weighted by Crippen LogP contribution is 2.57. The summed E-state index contributed by atoms with van der Waals surface area (Å²) in [4.78, 5) is 22.0. The Balaban J connectivity index is 2.53. The predicted molar refractivity (Wildman–Crippen MR) is 67.4 cm³/mol. The Kier molecular flexibility index (Phi) is 4.42. The molecule has 4 nitrogen and oxygen atoms in total. The Bertz CT molecular complexity index is 428. The molecule has 0 amide bonds. The lowest BCUT2D eigenvalue weighted by Gasteiger charge is -2.08. The number of hydrogen-bond donors (Lipinski definition) is 1. The smallest absolute Gasteiger partial charge is 0.384 e. The van der Waals surface area contributed by atoms with Gasteiger partial charge in [0.1, 0.15) is 6.61 Å². The van der Waals surface area contributed by atoms with Crippen molar-refractivity contribution in [1.82, 2.24) is 0 Å². The molecule has 18 heavy (non-hydrogen) atoms. The van der Waals surface area contributed by atoms with Gasteiger partial charge < -0.3 is 9.84 Å².